The minimum atomic E-state index is -3.04. The van der Waals surface area contributed by atoms with Crippen molar-refractivity contribution in [1.82, 2.24) is 4.31 Å². The van der Waals surface area contributed by atoms with Crippen LogP contribution < -0.4 is 0 Å². The molecule has 0 radical (unpaired) electrons. The van der Waals surface area contributed by atoms with Crippen molar-refractivity contribution in [2.24, 2.45) is 0 Å². The van der Waals surface area contributed by atoms with E-state index in [1.54, 1.807) is 0 Å². The zero-order chi connectivity index (χ0) is 9.19. The lowest BCUT2D eigenvalue weighted by Crippen LogP contribution is -2.34. The zero-order valence-corrected chi connectivity index (χ0v) is 9.01. The Morgan fingerprint density at radius 3 is 2.67 bits per heavy atom. The Kier molecular flexibility index (Phi) is 3.51. The second-order valence-electron chi connectivity index (χ2n) is 2.84. The Morgan fingerprint density at radius 1 is 1.58 bits per heavy atom. The molecule has 1 unspecified atom stereocenters. The smallest absolute Gasteiger partial charge is 0.214 e. The summed E-state index contributed by atoms with van der Waals surface area (Å²) in [6.07, 6.45) is 0.0787. The summed E-state index contributed by atoms with van der Waals surface area (Å²) in [4.78, 5) is 0. The molecule has 0 saturated carbocycles. The Balaban J connectivity index is 2.53. The van der Waals surface area contributed by atoms with Crippen molar-refractivity contribution in [2.45, 2.75) is 12.5 Å². The first kappa shape index (κ1) is 10.4. The Morgan fingerprint density at radius 2 is 2.25 bits per heavy atom. The number of halogens is 1. The predicted molar refractivity (Wildman–Crippen MR) is 49.8 cm³/mol. The van der Waals surface area contributed by atoms with E-state index < -0.39 is 16.1 Å². The maximum absolute atomic E-state index is 11.2. The molecule has 0 aliphatic carbocycles. The third-order valence-corrected chi connectivity index (χ3v) is 4.47. The van der Waals surface area contributed by atoms with Gasteiger partial charge in [0.05, 0.1) is 11.9 Å². The van der Waals surface area contributed by atoms with Crippen molar-refractivity contribution in [3.05, 3.63) is 0 Å². The highest BCUT2D eigenvalue weighted by Gasteiger charge is 2.29. The molecule has 1 aliphatic rings. The molecule has 1 fully saturated rings. The number of hydrogen-bond donors (Lipinski definition) is 1. The standard InChI is InChI=1S/C6H12BrNO3S/c7-4-6(9)5-8-2-1-3-12(8,10)11/h6,9H,1-5H2. The third-order valence-electron chi connectivity index (χ3n) is 1.80. The number of rotatable bonds is 3. The monoisotopic (exact) mass is 257 g/mol. The number of nitrogens with zero attached hydrogens (tertiary/aromatic N) is 1. The SMILES string of the molecule is O=S1(=O)CCCN1CC(O)CBr. The van der Waals surface area contributed by atoms with E-state index >= 15 is 0 Å². The van der Waals surface area contributed by atoms with Crippen molar-refractivity contribution < 1.29 is 13.5 Å². The number of aliphatic hydroxyl groups is 1. The van der Waals surface area contributed by atoms with Crippen molar-refractivity contribution >= 4 is 26.0 Å². The van der Waals surface area contributed by atoms with E-state index in [9.17, 15) is 13.5 Å². The Labute approximate surface area is 80.7 Å². The van der Waals surface area contributed by atoms with Gasteiger partial charge in [0.25, 0.3) is 0 Å². The van der Waals surface area contributed by atoms with Crippen LogP contribution in [0.5, 0.6) is 0 Å². The van der Waals surface area contributed by atoms with Crippen LogP contribution >= 0.6 is 15.9 Å². The van der Waals surface area contributed by atoms with E-state index in [0.29, 0.717) is 18.3 Å². The summed E-state index contributed by atoms with van der Waals surface area (Å²) in [5.74, 6) is 0.224. The molecule has 1 rings (SSSR count). The molecule has 0 bridgehead atoms. The minimum absolute atomic E-state index is 0.216. The van der Waals surface area contributed by atoms with E-state index in [1.165, 1.54) is 4.31 Å². The second-order valence-corrected chi connectivity index (χ2v) is 5.57. The molecule has 0 aromatic carbocycles. The van der Waals surface area contributed by atoms with Gasteiger partial charge in [0.1, 0.15) is 0 Å². The molecule has 0 aromatic heterocycles. The average molecular weight is 258 g/mol. The first-order valence-electron chi connectivity index (χ1n) is 3.78. The lowest BCUT2D eigenvalue weighted by atomic mass is 10.4. The van der Waals surface area contributed by atoms with E-state index in [4.69, 9.17) is 0 Å². The molecule has 1 heterocycles. The molecule has 12 heavy (non-hydrogen) atoms. The Bertz CT molecular complexity index is 241. The first-order valence-corrected chi connectivity index (χ1v) is 6.51. The van der Waals surface area contributed by atoms with Crippen LogP contribution in [-0.4, -0.2) is 48.1 Å². The van der Waals surface area contributed by atoms with Crippen LogP contribution in [0.4, 0.5) is 0 Å². The summed E-state index contributed by atoms with van der Waals surface area (Å²) in [5, 5.41) is 9.61. The van der Waals surface area contributed by atoms with Crippen LogP contribution in [0.25, 0.3) is 0 Å². The van der Waals surface area contributed by atoms with Gasteiger partial charge in [0.15, 0.2) is 0 Å². The fourth-order valence-electron chi connectivity index (χ4n) is 1.18. The van der Waals surface area contributed by atoms with Gasteiger partial charge in [-0.05, 0) is 6.42 Å². The molecule has 0 amide bonds. The maximum Gasteiger partial charge on any atom is 0.214 e. The van der Waals surface area contributed by atoms with Crippen LogP contribution in [0.3, 0.4) is 0 Å². The highest BCUT2D eigenvalue weighted by Crippen LogP contribution is 2.13. The van der Waals surface area contributed by atoms with Gasteiger partial charge in [-0.2, -0.15) is 4.31 Å². The number of aliphatic hydroxyl groups excluding tert-OH is 1. The summed E-state index contributed by atoms with van der Waals surface area (Å²) >= 11 is 3.09. The summed E-state index contributed by atoms with van der Waals surface area (Å²) in [5.41, 5.74) is 0. The summed E-state index contributed by atoms with van der Waals surface area (Å²) < 4.78 is 23.8. The lowest BCUT2D eigenvalue weighted by Gasteiger charge is -2.16. The number of sulfonamides is 1. The minimum Gasteiger partial charge on any atom is -0.391 e. The maximum atomic E-state index is 11.2. The van der Waals surface area contributed by atoms with Crippen LogP contribution in [-0.2, 0) is 10.0 Å². The molecule has 1 N–H and O–H groups in total. The van der Waals surface area contributed by atoms with Crippen LogP contribution in [0, 0.1) is 0 Å². The van der Waals surface area contributed by atoms with Crippen LogP contribution in [0.1, 0.15) is 6.42 Å². The van der Waals surface area contributed by atoms with Crippen molar-refractivity contribution in [1.29, 1.82) is 0 Å². The van der Waals surface area contributed by atoms with Crippen molar-refractivity contribution in [2.75, 3.05) is 24.2 Å². The van der Waals surface area contributed by atoms with Gasteiger partial charge in [-0.25, -0.2) is 8.42 Å². The summed E-state index contributed by atoms with van der Waals surface area (Å²) in [6.45, 7) is 0.764. The van der Waals surface area contributed by atoms with Gasteiger partial charge in [-0.3, -0.25) is 0 Å². The molecule has 0 spiro atoms. The second kappa shape index (κ2) is 4.04. The third kappa shape index (κ3) is 2.42. The van der Waals surface area contributed by atoms with E-state index in [2.05, 4.69) is 15.9 Å². The van der Waals surface area contributed by atoms with Crippen LogP contribution in [0.15, 0.2) is 0 Å². The van der Waals surface area contributed by atoms with Gasteiger partial charge in [0, 0.05) is 18.4 Å². The van der Waals surface area contributed by atoms with E-state index in [-0.39, 0.29) is 12.3 Å². The lowest BCUT2D eigenvalue weighted by molar-refractivity contribution is 0.172. The van der Waals surface area contributed by atoms with Gasteiger partial charge in [-0.15, -0.1) is 0 Å². The molecule has 1 saturated heterocycles. The Hall–Kier alpha value is 0.350. The highest BCUT2D eigenvalue weighted by atomic mass is 79.9. The van der Waals surface area contributed by atoms with E-state index in [0.717, 1.165) is 0 Å². The van der Waals surface area contributed by atoms with Gasteiger partial charge in [0.2, 0.25) is 10.0 Å². The predicted octanol–water partition coefficient (Wildman–Crippen LogP) is -0.222. The van der Waals surface area contributed by atoms with Gasteiger partial charge >= 0.3 is 0 Å². The number of β-amino-alcohol motifs (C(OH)–C–C–N with tert-alkyl or cyclic N) is 1. The first-order chi connectivity index (χ1) is 5.56. The van der Waals surface area contributed by atoms with Gasteiger partial charge in [-0.1, -0.05) is 15.9 Å². The summed E-state index contributed by atoms with van der Waals surface area (Å²) in [7, 11) is -3.04. The molecular weight excluding hydrogens is 246 g/mol. The van der Waals surface area contributed by atoms with Crippen LogP contribution in [0.2, 0.25) is 0 Å². The molecular formula is C6H12BrNO3S. The molecule has 72 valence electrons. The zero-order valence-electron chi connectivity index (χ0n) is 6.61. The molecule has 4 nitrogen and oxygen atoms in total. The van der Waals surface area contributed by atoms with E-state index in [1.807, 2.05) is 0 Å². The topological polar surface area (TPSA) is 57.6 Å². The molecule has 0 aromatic rings. The van der Waals surface area contributed by atoms with Crippen molar-refractivity contribution in [3.63, 3.8) is 0 Å². The molecule has 1 aliphatic heterocycles. The fraction of sp³-hybridized carbons (Fsp3) is 1.00. The number of alkyl halides is 1. The normalized spacial score (nSPS) is 25.8. The van der Waals surface area contributed by atoms with Gasteiger partial charge < -0.3 is 5.11 Å². The number of hydrogen-bond acceptors (Lipinski definition) is 3. The quantitative estimate of drug-likeness (QED) is 0.712. The largest absolute Gasteiger partial charge is 0.391 e. The molecule has 6 heteroatoms. The fourth-order valence-corrected chi connectivity index (χ4v) is 2.94. The molecule has 1 atom stereocenters. The summed E-state index contributed by atoms with van der Waals surface area (Å²) in [6, 6.07) is 0. The van der Waals surface area contributed by atoms with Crippen molar-refractivity contribution in [3.8, 4) is 0 Å². The average Bonchev–Trinajstić information content (AvgIpc) is 2.31. The highest BCUT2D eigenvalue weighted by molar-refractivity contribution is 9.09.